The quantitative estimate of drug-likeness (QED) is 0.446. The Hall–Kier alpha value is -3.23. The fourth-order valence-electron chi connectivity index (χ4n) is 5.04. The van der Waals surface area contributed by atoms with Crippen LogP contribution in [0.3, 0.4) is 0 Å². The Labute approximate surface area is 223 Å². The van der Waals surface area contributed by atoms with Crippen LogP contribution in [0.5, 0.6) is 5.75 Å². The second-order valence-corrected chi connectivity index (χ2v) is 10.5. The summed E-state index contributed by atoms with van der Waals surface area (Å²) in [6.45, 7) is 6.15. The highest BCUT2D eigenvalue weighted by Crippen LogP contribution is 2.27. The number of anilines is 1. The van der Waals surface area contributed by atoms with Gasteiger partial charge in [-0.2, -0.15) is 4.37 Å². The number of methoxy groups -OCH3 is 1. The predicted molar refractivity (Wildman–Crippen MR) is 149 cm³/mol. The maximum absolute atomic E-state index is 13.2. The molecule has 0 unspecified atom stereocenters. The number of benzene rings is 2. The van der Waals surface area contributed by atoms with Gasteiger partial charge in [0, 0.05) is 69.7 Å². The van der Waals surface area contributed by atoms with Crippen LogP contribution in [0.2, 0.25) is 0 Å². The molecule has 0 bridgehead atoms. The van der Waals surface area contributed by atoms with Gasteiger partial charge in [-0.15, -0.1) is 0 Å². The van der Waals surface area contributed by atoms with Gasteiger partial charge in [0.15, 0.2) is 0 Å². The van der Waals surface area contributed by atoms with E-state index in [4.69, 9.17) is 9.72 Å². The van der Waals surface area contributed by atoms with E-state index in [1.807, 2.05) is 24.3 Å². The third-order valence-corrected chi connectivity index (χ3v) is 8.04. The van der Waals surface area contributed by atoms with Crippen LogP contribution in [0.4, 0.5) is 5.13 Å². The number of hydrogen-bond donors (Lipinski definition) is 0. The molecule has 2 aliphatic heterocycles. The molecule has 7 nitrogen and oxygen atoms in total. The van der Waals surface area contributed by atoms with Crippen molar-refractivity contribution < 1.29 is 9.53 Å². The molecule has 2 saturated heterocycles. The van der Waals surface area contributed by atoms with Crippen molar-refractivity contribution in [3.8, 4) is 5.75 Å². The Balaban J connectivity index is 1.05. The largest absolute Gasteiger partial charge is 0.497 e. The summed E-state index contributed by atoms with van der Waals surface area (Å²) >= 11 is 1.46. The van der Waals surface area contributed by atoms with E-state index >= 15 is 0 Å². The fraction of sp³-hybridized carbons (Fsp3) is 0.414. The van der Waals surface area contributed by atoms with E-state index < -0.39 is 0 Å². The van der Waals surface area contributed by atoms with Crippen molar-refractivity contribution in [2.24, 2.45) is 5.92 Å². The lowest BCUT2D eigenvalue weighted by molar-refractivity contribution is -0.137. The van der Waals surface area contributed by atoms with E-state index in [1.54, 1.807) is 7.11 Å². The molecule has 2 aliphatic rings. The van der Waals surface area contributed by atoms with Crippen molar-refractivity contribution in [2.75, 3.05) is 57.8 Å². The van der Waals surface area contributed by atoms with E-state index in [-0.39, 0.29) is 5.92 Å². The molecule has 0 spiro atoms. The molecule has 1 aromatic heterocycles. The number of piperidine rings is 1. The van der Waals surface area contributed by atoms with Gasteiger partial charge in [0.1, 0.15) is 11.6 Å². The summed E-state index contributed by atoms with van der Waals surface area (Å²) in [5, 5.41) is 0.959. The zero-order chi connectivity index (χ0) is 25.5. The van der Waals surface area contributed by atoms with Crippen LogP contribution >= 0.6 is 11.5 Å². The highest BCUT2D eigenvalue weighted by molar-refractivity contribution is 7.09. The molecular weight excluding hydrogens is 482 g/mol. The van der Waals surface area contributed by atoms with Crippen LogP contribution in [0.1, 0.15) is 29.8 Å². The summed E-state index contributed by atoms with van der Waals surface area (Å²) in [7, 11) is 1.68. The zero-order valence-electron chi connectivity index (χ0n) is 21.5. The minimum Gasteiger partial charge on any atom is -0.497 e. The van der Waals surface area contributed by atoms with Gasteiger partial charge in [-0.05, 0) is 36.1 Å². The number of aromatic nitrogens is 2. The van der Waals surface area contributed by atoms with Gasteiger partial charge in [0.2, 0.25) is 11.0 Å². The summed E-state index contributed by atoms with van der Waals surface area (Å²) in [6.07, 6.45) is 6.84. The normalized spacial score (nSPS) is 17.4. The number of rotatable bonds is 8. The standard InChI is InChI=1S/C29H35N5O2S/c1-36-26-11-5-9-24(21-26)22-27-30-29(37-31-27)34-15-12-25(13-16-34)28(35)33-19-17-32(18-20-33)14-6-10-23-7-3-2-4-8-23/h2-11,21,25H,12-20,22H2,1H3/b10-6+. The lowest BCUT2D eigenvalue weighted by Crippen LogP contribution is -2.51. The average Bonchev–Trinajstić information content (AvgIpc) is 3.42. The fourth-order valence-corrected chi connectivity index (χ4v) is 5.78. The molecule has 1 amide bonds. The topological polar surface area (TPSA) is 61.8 Å². The Bertz CT molecular complexity index is 1180. The molecule has 194 valence electrons. The van der Waals surface area contributed by atoms with Gasteiger partial charge in [-0.1, -0.05) is 54.6 Å². The molecule has 0 atom stereocenters. The van der Waals surface area contributed by atoms with Crippen molar-refractivity contribution in [1.29, 1.82) is 0 Å². The highest BCUT2D eigenvalue weighted by atomic mass is 32.1. The summed E-state index contributed by atoms with van der Waals surface area (Å²) in [6, 6.07) is 18.4. The Morgan fingerprint density at radius 2 is 1.81 bits per heavy atom. The highest BCUT2D eigenvalue weighted by Gasteiger charge is 2.31. The van der Waals surface area contributed by atoms with Gasteiger partial charge in [-0.3, -0.25) is 9.69 Å². The third-order valence-electron chi connectivity index (χ3n) is 7.23. The van der Waals surface area contributed by atoms with Crippen molar-refractivity contribution in [2.45, 2.75) is 19.3 Å². The first kappa shape index (κ1) is 25.4. The van der Waals surface area contributed by atoms with Crippen molar-refractivity contribution in [3.05, 3.63) is 77.6 Å². The number of ether oxygens (including phenoxy) is 1. The molecule has 0 aliphatic carbocycles. The van der Waals surface area contributed by atoms with Crippen molar-refractivity contribution in [1.82, 2.24) is 19.2 Å². The molecular formula is C29H35N5O2S. The van der Waals surface area contributed by atoms with Crippen LogP contribution in [-0.2, 0) is 11.2 Å². The average molecular weight is 518 g/mol. The van der Waals surface area contributed by atoms with E-state index in [0.29, 0.717) is 12.3 Å². The number of carbonyl (C=O) groups is 1. The van der Waals surface area contributed by atoms with Crippen LogP contribution in [0, 0.1) is 5.92 Å². The third kappa shape index (κ3) is 6.76. The van der Waals surface area contributed by atoms with E-state index in [1.165, 1.54) is 17.1 Å². The first-order chi connectivity index (χ1) is 18.2. The van der Waals surface area contributed by atoms with E-state index in [0.717, 1.165) is 80.9 Å². The van der Waals surface area contributed by atoms with Crippen LogP contribution in [-0.4, -0.2) is 78.0 Å². The minimum atomic E-state index is 0.116. The van der Waals surface area contributed by atoms with Gasteiger partial charge in [0.05, 0.1) is 7.11 Å². The number of piperazine rings is 1. The molecule has 3 heterocycles. The molecule has 2 aromatic carbocycles. The number of hydrogen-bond acceptors (Lipinski definition) is 7. The summed E-state index contributed by atoms with van der Waals surface area (Å²) in [4.78, 5) is 24.8. The maximum Gasteiger partial charge on any atom is 0.225 e. The Morgan fingerprint density at radius 1 is 1.03 bits per heavy atom. The molecule has 0 radical (unpaired) electrons. The molecule has 2 fully saturated rings. The lowest BCUT2D eigenvalue weighted by atomic mass is 9.95. The zero-order valence-corrected chi connectivity index (χ0v) is 22.3. The number of carbonyl (C=O) groups excluding carboxylic acids is 1. The van der Waals surface area contributed by atoms with Gasteiger partial charge in [-0.25, -0.2) is 4.98 Å². The Morgan fingerprint density at radius 3 is 2.57 bits per heavy atom. The first-order valence-corrected chi connectivity index (χ1v) is 13.9. The minimum absolute atomic E-state index is 0.116. The smallest absolute Gasteiger partial charge is 0.225 e. The second-order valence-electron chi connectivity index (χ2n) is 9.72. The monoisotopic (exact) mass is 517 g/mol. The summed E-state index contributed by atoms with van der Waals surface area (Å²) in [5.41, 5.74) is 2.37. The molecule has 3 aromatic rings. The second kappa shape index (κ2) is 12.3. The summed E-state index contributed by atoms with van der Waals surface area (Å²) < 4.78 is 9.90. The van der Waals surface area contributed by atoms with Gasteiger partial charge in [0.25, 0.3) is 0 Å². The van der Waals surface area contributed by atoms with E-state index in [9.17, 15) is 4.79 Å². The first-order valence-electron chi connectivity index (χ1n) is 13.1. The molecule has 8 heteroatoms. The maximum atomic E-state index is 13.2. The van der Waals surface area contributed by atoms with Crippen LogP contribution < -0.4 is 9.64 Å². The van der Waals surface area contributed by atoms with Crippen LogP contribution in [0.25, 0.3) is 6.08 Å². The number of amides is 1. The van der Waals surface area contributed by atoms with Crippen molar-refractivity contribution in [3.63, 3.8) is 0 Å². The summed E-state index contributed by atoms with van der Waals surface area (Å²) in [5.74, 6) is 2.13. The van der Waals surface area contributed by atoms with Gasteiger partial charge >= 0.3 is 0 Å². The lowest BCUT2D eigenvalue weighted by Gasteiger charge is -2.38. The van der Waals surface area contributed by atoms with Gasteiger partial charge < -0.3 is 14.5 Å². The number of nitrogens with zero attached hydrogens (tertiary/aromatic N) is 5. The van der Waals surface area contributed by atoms with E-state index in [2.05, 4.69) is 61.6 Å². The molecule has 5 rings (SSSR count). The molecule has 37 heavy (non-hydrogen) atoms. The molecule has 0 N–H and O–H groups in total. The molecule has 0 saturated carbocycles. The Kier molecular flexibility index (Phi) is 8.48. The van der Waals surface area contributed by atoms with Crippen LogP contribution in [0.15, 0.2) is 60.7 Å². The van der Waals surface area contributed by atoms with Crippen molar-refractivity contribution >= 4 is 28.6 Å². The predicted octanol–water partition coefficient (Wildman–Crippen LogP) is 4.21. The SMILES string of the molecule is COc1cccc(Cc2nsc(N3CCC(C(=O)N4CCN(C/C=C/c5ccccc5)CC4)CC3)n2)c1.